The monoisotopic (exact) mass is 232 g/mol. The van der Waals surface area contributed by atoms with Crippen molar-refractivity contribution >= 4 is 0 Å². The number of hydrogen-bond acceptors (Lipinski definition) is 3. The highest BCUT2D eigenvalue weighted by atomic mass is 19.4. The average Bonchev–Trinajstić information content (AvgIpc) is 2.26. The first-order valence-electron chi connectivity index (χ1n) is 4.83. The number of hydrogen-bond donors (Lipinski definition) is 1. The van der Waals surface area contributed by atoms with E-state index in [0.29, 0.717) is 12.2 Å². The molecule has 0 aliphatic carbocycles. The smallest absolute Gasteiger partial charge is 0.375 e. The molecule has 0 fully saturated rings. The first-order valence-corrected chi connectivity index (χ1v) is 4.83. The van der Waals surface area contributed by atoms with Crippen LogP contribution >= 0.6 is 0 Å². The van der Waals surface area contributed by atoms with Gasteiger partial charge in [-0.1, -0.05) is 0 Å². The van der Waals surface area contributed by atoms with E-state index in [0.717, 1.165) is 11.6 Å². The van der Waals surface area contributed by atoms with Gasteiger partial charge in [0.05, 0.1) is 19.3 Å². The molecule has 1 atom stereocenters. The van der Waals surface area contributed by atoms with Gasteiger partial charge in [-0.05, 0) is 24.2 Å². The molecule has 0 saturated heterocycles. The molecule has 0 bridgehead atoms. The van der Waals surface area contributed by atoms with Gasteiger partial charge in [-0.25, -0.2) is 0 Å². The Morgan fingerprint density at radius 1 is 1.50 bits per heavy atom. The van der Waals surface area contributed by atoms with Crippen molar-refractivity contribution < 1.29 is 17.9 Å². The Balaban J connectivity index is 2.39. The lowest BCUT2D eigenvalue weighted by Crippen LogP contribution is -2.27. The largest absolute Gasteiger partial charge is 0.433 e. The number of halogens is 3. The third kappa shape index (κ3) is 2.03. The number of likely N-dealkylation sites (N-methyl/N-ethyl adjacent to an activating group) is 1. The van der Waals surface area contributed by atoms with E-state index in [1.165, 1.54) is 6.20 Å². The van der Waals surface area contributed by atoms with Gasteiger partial charge in [-0.15, -0.1) is 0 Å². The molecule has 16 heavy (non-hydrogen) atoms. The molecule has 2 heterocycles. The van der Waals surface area contributed by atoms with Crippen LogP contribution in [0.15, 0.2) is 12.3 Å². The summed E-state index contributed by atoms with van der Waals surface area (Å²) in [7, 11) is 1.74. The lowest BCUT2D eigenvalue weighted by atomic mass is 10.0. The van der Waals surface area contributed by atoms with Crippen LogP contribution in [0, 0.1) is 0 Å². The second-order valence-electron chi connectivity index (χ2n) is 3.62. The molecule has 1 N–H and O–H groups in total. The van der Waals surface area contributed by atoms with Crippen molar-refractivity contribution in [1.82, 2.24) is 10.3 Å². The summed E-state index contributed by atoms with van der Waals surface area (Å²) in [6.07, 6.45) is -3.12. The summed E-state index contributed by atoms with van der Waals surface area (Å²) in [4.78, 5) is 3.44. The maximum Gasteiger partial charge on any atom is 0.433 e. The molecule has 1 aromatic heterocycles. The van der Waals surface area contributed by atoms with Gasteiger partial charge in [0.2, 0.25) is 0 Å². The predicted molar refractivity (Wildman–Crippen MR) is 50.7 cm³/mol. The molecular weight excluding hydrogens is 221 g/mol. The molecule has 0 amide bonds. The highest BCUT2D eigenvalue weighted by molar-refractivity contribution is 5.31. The Morgan fingerprint density at radius 3 is 2.88 bits per heavy atom. The molecule has 0 saturated carbocycles. The molecule has 0 radical (unpaired) electrons. The molecule has 1 aliphatic heterocycles. The van der Waals surface area contributed by atoms with E-state index in [1.807, 2.05) is 0 Å². The molecule has 0 unspecified atom stereocenters. The highest BCUT2D eigenvalue weighted by Gasteiger charge is 2.34. The molecule has 88 valence electrons. The van der Waals surface area contributed by atoms with Crippen molar-refractivity contribution in [3.63, 3.8) is 0 Å². The number of fused-ring (bicyclic) bond motifs is 1. The Kier molecular flexibility index (Phi) is 2.86. The van der Waals surface area contributed by atoms with Gasteiger partial charge in [-0.3, -0.25) is 4.98 Å². The number of alkyl halides is 3. The molecule has 2 rings (SSSR count). The van der Waals surface area contributed by atoms with E-state index in [2.05, 4.69) is 10.3 Å². The van der Waals surface area contributed by atoms with Crippen LogP contribution in [-0.2, 0) is 17.5 Å². The normalized spacial score (nSPS) is 20.6. The number of nitrogens with zero attached hydrogens (tertiary/aromatic N) is 1. The van der Waals surface area contributed by atoms with Crippen LogP contribution in [0.5, 0.6) is 0 Å². The summed E-state index contributed by atoms with van der Waals surface area (Å²) in [5, 5.41) is 2.97. The van der Waals surface area contributed by atoms with Gasteiger partial charge in [0, 0.05) is 6.20 Å². The number of pyridine rings is 1. The summed E-state index contributed by atoms with van der Waals surface area (Å²) in [6, 6.07) is 0.970. The fourth-order valence-electron chi connectivity index (χ4n) is 1.72. The molecule has 6 heteroatoms. The fourth-order valence-corrected chi connectivity index (χ4v) is 1.72. The maximum absolute atomic E-state index is 12.4. The van der Waals surface area contributed by atoms with Gasteiger partial charge >= 0.3 is 6.18 Å². The summed E-state index contributed by atoms with van der Waals surface area (Å²) in [5.74, 6) is 0. The molecule has 0 aromatic carbocycles. The quantitative estimate of drug-likeness (QED) is 0.802. The molecule has 1 aromatic rings. The second-order valence-corrected chi connectivity index (χ2v) is 3.62. The summed E-state index contributed by atoms with van der Waals surface area (Å²) in [6.45, 7) is 0.662. The third-order valence-corrected chi connectivity index (χ3v) is 2.58. The van der Waals surface area contributed by atoms with E-state index in [4.69, 9.17) is 4.74 Å². The molecule has 0 spiro atoms. The van der Waals surface area contributed by atoms with Crippen LogP contribution in [0.25, 0.3) is 0 Å². The van der Waals surface area contributed by atoms with Crippen molar-refractivity contribution in [2.45, 2.75) is 18.8 Å². The zero-order valence-corrected chi connectivity index (χ0v) is 8.64. The summed E-state index contributed by atoms with van der Waals surface area (Å²) >= 11 is 0. The lowest BCUT2D eigenvalue weighted by Gasteiger charge is -2.25. The van der Waals surface area contributed by atoms with Crippen LogP contribution in [0.4, 0.5) is 13.2 Å². The average molecular weight is 232 g/mol. The van der Waals surface area contributed by atoms with Crippen LogP contribution in [-0.4, -0.2) is 18.6 Å². The van der Waals surface area contributed by atoms with E-state index in [1.54, 1.807) is 7.05 Å². The number of rotatable bonds is 1. The minimum absolute atomic E-state index is 0.0847. The SMILES string of the molecule is CN[C@H]1COCc2cc(C(F)(F)F)ncc21. The first kappa shape index (κ1) is 11.3. The number of ether oxygens (including phenoxy) is 1. The minimum atomic E-state index is -4.40. The zero-order chi connectivity index (χ0) is 11.8. The molecule has 1 aliphatic rings. The van der Waals surface area contributed by atoms with Crippen molar-refractivity contribution in [1.29, 1.82) is 0 Å². The third-order valence-electron chi connectivity index (χ3n) is 2.58. The predicted octanol–water partition coefficient (Wildman–Crippen LogP) is 1.89. The molecule has 3 nitrogen and oxygen atoms in total. The standard InChI is InChI=1S/C10H11F3N2O/c1-14-8-5-16-4-6-2-9(10(11,12)13)15-3-7(6)8/h2-3,8,14H,4-5H2,1H3/t8-/m0/s1. The zero-order valence-electron chi connectivity index (χ0n) is 8.64. The topological polar surface area (TPSA) is 34.1 Å². The van der Waals surface area contributed by atoms with Crippen LogP contribution in [0.1, 0.15) is 22.9 Å². The van der Waals surface area contributed by atoms with Crippen molar-refractivity contribution in [2.75, 3.05) is 13.7 Å². The lowest BCUT2D eigenvalue weighted by molar-refractivity contribution is -0.141. The summed E-state index contributed by atoms with van der Waals surface area (Å²) < 4.78 is 42.5. The Hall–Kier alpha value is -1.14. The van der Waals surface area contributed by atoms with Gasteiger partial charge < -0.3 is 10.1 Å². The van der Waals surface area contributed by atoms with Crippen molar-refractivity contribution in [2.24, 2.45) is 0 Å². The fraction of sp³-hybridized carbons (Fsp3) is 0.500. The number of nitrogens with one attached hydrogen (secondary N) is 1. The number of aromatic nitrogens is 1. The van der Waals surface area contributed by atoms with E-state index in [-0.39, 0.29) is 12.6 Å². The highest BCUT2D eigenvalue weighted by Crippen LogP contribution is 2.31. The maximum atomic E-state index is 12.4. The van der Waals surface area contributed by atoms with E-state index >= 15 is 0 Å². The Morgan fingerprint density at radius 2 is 2.25 bits per heavy atom. The second kappa shape index (κ2) is 4.03. The Labute approximate surface area is 90.6 Å². The van der Waals surface area contributed by atoms with Crippen LogP contribution in [0.2, 0.25) is 0 Å². The van der Waals surface area contributed by atoms with E-state index < -0.39 is 11.9 Å². The van der Waals surface area contributed by atoms with Gasteiger partial charge in [-0.2, -0.15) is 13.2 Å². The van der Waals surface area contributed by atoms with Crippen molar-refractivity contribution in [3.8, 4) is 0 Å². The summed E-state index contributed by atoms with van der Waals surface area (Å²) in [5.41, 5.74) is 0.460. The van der Waals surface area contributed by atoms with Crippen LogP contribution < -0.4 is 5.32 Å². The van der Waals surface area contributed by atoms with Crippen LogP contribution in [0.3, 0.4) is 0 Å². The van der Waals surface area contributed by atoms with Gasteiger partial charge in [0.15, 0.2) is 0 Å². The molecular formula is C10H11F3N2O. The van der Waals surface area contributed by atoms with Gasteiger partial charge in [0.1, 0.15) is 5.69 Å². The van der Waals surface area contributed by atoms with E-state index in [9.17, 15) is 13.2 Å². The van der Waals surface area contributed by atoms with Gasteiger partial charge in [0.25, 0.3) is 0 Å². The minimum Gasteiger partial charge on any atom is -0.375 e. The Bertz CT molecular complexity index is 392. The first-order chi connectivity index (χ1) is 7.52. The van der Waals surface area contributed by atoms with Crippen molar-refractivity contribution in [3.05, 3.63) is 29.1 Å².